The summed E-state index contributed by atoms with van der Waals surface area (Å²) in [5.74, 6) is 0. The van der Waals surface area contributed by atoms with Gasteiger partial charge in [0.05, 0.1) is 0 Å². The summed E-state index contributed by atoms with van der Waals surface area (Å²) in [6.45, 7) is 0. The van der Waals surface area contributed by atoms with Crippen molar-refractivity contribution in [2.75, 3.05) is 0 Å². The molecule has 0 N–H and O–H groups in total. The number of fused-ring (bicyclic) bond motifs is 3. The Balaban J connectivity index is 1.60. The Hall–Kier alpha value is -4.37. The van der Waals surface area contributed by atoms with Crippen LogP contribution in [0.25, 0.3) is 64.1 Å². The Labute approximate surface area is 220 Å². The zero-order valence-corrected chi connectivity index (χ0v) is 21.6. The van der Waals surface area contributed by atoms with E-state index in [0.29, 0.717) is 0 Å². The molecule has 5 aromatic carbocycles. The molecule has 0 saturated carbocycles. The Morgan fingerprint density at radius 3 is 1.84 bits per heavy atom. The van der Waals surface area contributed by atoms with Crippen LogP contribution in [0.2, 0.25) is 0 Å². The summed E-state index contributed by atoms with van der Waals surface area (Å²) in [5, 5.41) is 16.3. The van der Waals surface area contributed by atoms with E-state index in [1.165, 1.54) is 19.3 Å². The fourth-order valence-corrected chi connectivity index (χ4v) is 7.48. The van der Waals surface area contributed by atoms with Crippen LogP contribution in [-0.2, 0) is 0 Å². The van der Waals surface area contributed by atoms with Crippen molar-refractivity contribution in [3.8, 4) is 44.8 Å². The third kappa shape index (κ3) is 3.79. The first kappa shape index (κ1) is 21.9. The summed E-state index contributed by atoms with van der Waals surface area (Å²) >= 11 is 0.271. The average Bonchev–Trinajstić information content (AvgIpc) is 3.37. The average molecular weight is 539 g/mol. The van der Waals surface area contributed by atoms with Crippen LogP contribution in [0.4, 0.5) is 0 Å². The minimum atomic E-state index is 0.271. The van der Waals surface area contributed by atoms with Gasteiger partial charge >= 0.3 is 221 Å². The van der Waals surface area contributed by atoms with Crippen molar-refractivity contribution in [2.45, 2.75) is 0 Å². The zero-order chi connectivity index (χ0) is 24.6. The fraction of sp³-hybridized carbons (Fsp3) is 0. The molecule has 0 aliphatic rings. The van der Waals surface area contributed by atoms with Crippen molar-refractivity contribution in [3.63, 3.8) is 0 Å². The molecule has 0 atom stereocenters. The van der Waals surface area contributed by atoms with Crippen molar-refractivity contribution in [1.29, 1.82) is 0 Å². The van der Waals surface area contributed by atoms with E-state index >= 15 is 0 Å². The van der Waals surface area contributed by atoms with Gasteiger partial charge in [-0.1, -0.05) is 0 Å². The number of nitrogens with zero attached hydrogens (tertiary/aromatic N) is 3. The molecule has 0 aliphatic carbocycles. The van der Waals surface area contributed by atoms with Crippen molar-refractivity contribution in [1.82, 2.24) is 15.4 Å². The van der Waals surface area contributed by atoms with Crippen LogP contribution in [0.5, 0.6) is 0 Å². The molecule has 0 unspecified atom stereocenters. The van der Waals surface area contributed by atoms with Crippen LogP contribution in [0.15, 0.2) is 127 Å². The first-order chi connectivity index (χ1) is 18.4. The third-order valence-corrected chi connectivity index (χ3v) is 9.13. The van der Waals surface area contributed by atoms with Crippen LogP contribution in [0, 0.1) is 0 Å². The Bertz CT molecular complexity index is 1880. The Morgan fingerprint density at radius 2 is 1.03 bits per heavy atom. The van der Waals surface area contributed by atoms with Crippen LogP contribution >= 0.6 is 0 Å². The fourth-order valence-electron chi connectivity index (χ4n) is 5.11. The molecule has 37 heavy (non-hydrogen) atoms. The summed E-state index contributed by atoms with van der Waals surface area (Å²) in [7, 11) is 0. The van der Waals surface area contributed by atoms with Gasteiger partial charge in [0.25, 0.3) is 0 Å². The summed E-state index contributed by atoms with van der Waals surface area (Å²) in [6.07, 6.45) is 0. The predicted octanol–water partition coefficient (Wildman–Crippen LogP) is 7.90. The van der Waals surface area contributed by atoms with Crippen LogP contribution < -0.4 is 0 Å². The van der Waals surface area contributed by atoms with E-state index in [1.54, 1.807) is 0 Å². The maximum absolute atomic E-state index is 4.74. The van der Waals surface area contributed by atoms with E-state index in [-0.39, 0.29) is 14.5 Å². The molecule has 0 bridgehead atoms. The van der Waals surface area contributed by atoms with Crippen LogP contribution in [0.1, 0.15) is 0 Å². The van der Waals surface area contributed by atoms with Gasteiger partial charge in [-0.3, -0.25) is 0 Å². The molecule has 0 saturated heterocycles. The van der Waals surface area contributed by atoms with E-state index < -0.39 is 0 Å². The zero-order valence-electron chi connectivity index (χ0n) is 19.9. The van der Waals surface area contributed by atoms with Crippen LogP contribution in [-0.4, -0.2) is 29.9 Å². The van der Waals surface area contributed by atoms with Crippen molar-refractivity contribution >= 4 is 33.8 Å². The van der Waals surface area contributed by atoms with Gasteiger partial charge in [0.1, 0.15) is 0 Å². The first-order valence-corrected chi connectivity index (χ1v) is 13.9. The van der Waals surface area contributed by atoms with Gasteiger partial charge in [0.2, 0.25) is 0 Å². The number of aromatic nitrogens is 3. The topological polar surface area (TPSA) is 38.7 Å². The molecule has 7 rings (SSSR count). The van der Waals surface area contributed by atoms with E-state index in [2.05, 4.69) is 120 Å². The molecule has 3 nitrogen and oxygen atoms in total. The summed E-state index contributed by atoms with van der Waals surface area (Å²) in [5.41, 5.74) is 8.23. The standard InChI is InChI=1S/C33H21N3Se/c1-3-12-22(13-4-1)24-16-7-8-17-25(24)31-32(23-14-5-2-6-15-23)34-36-35-33(31)27-19-11-21-29-30(27)26-18-9-10-20-28(26)37-29/h1-21H. The molecule has 0 amide bonds. The molecule has 0 aliphatic heterocycles. The van der Waals surface area contributed by atoms with Gasteiger partial charge in [0, 0.05) is 0 Å². The summed E-state index contributed by atoms with van der Waals surface area (Å²) in [4.78, 5) is 0. The number of rotatable bonds is 4. The molecule has 0 spiro atoms. The predicted molar refractivity (Wildman–Crippen MR) is 154 cm³/mol. The number of hydrogen-bond acceptors (Lipinski definition) is 3. The van der Waals surface area contributed by atoms with Crippen molar-refractivity contribution < 1.29 is 0 Å². The Kier molecular flexibility index (Phi) is 5.47. The molecule has 2 aromatic heterocycles. The van der Waals surface area contributed by atoms with E-state index in [0.717, 1.165) is 44.8 Å². The van der Waals surface area contributed by atoms with Crippen LogP contribution in [0.3, 0.4) is 0 Å². The molecular formula is C33H21N3Se. The summed E-state index contributed by atoms with van der Waals surface area (Å²) in [6, 6.07) is 44.7. The molecule has 174 valence electrons. The van der Waals surface area contributed by atoms with E-state index in [4.69, 9.17) is 5.10 Å². The first-order valence-electron chi connectivity index (χ1n) is 12.2. The monoisotopic (exact) mass is 539 g/mol. The molecule has 2 heterocycles. The number of benzene rings is 5. The minimum absolute atomic E-state index is 0.271. The third-order valence-electron chi connectivity index (χ3n) is 6.75. The molecular weight excluding hydrogens is 517 g/mol. The van der Waals surface area contributed by atoms with Gasteiger partial charge in [-0.05, 0) is 0 Å². The van der Waals surface area contributed by atoms with Gasteiger partial charge in [-0.15, -0.1) is 0 Å². The molecule has 7 aromatic rings. The molecule has 0 fully saturated rings. The molecule has 4 heteroatoms. The SMILES string of the molecule is c1ccc(-c2ccccc2-c2c(-c3ccccc3)nnnc2-c2cccc3[se]c4ccccc4c23)cc1. The quantitative estimate of drug-likeness (QED) is 0.214. The van der Waals surface area contributed by atoms with E-state index in [1.807, 2.05) is 18.2 Å². The summed E-state index contributed by atoms with van der Waals surface area (Å²) < 4.78 is 2.79. The second-order valence-electron chi connectivity index (χ2n) is 8.92. The van der Waals surface area contributed by atoms with E-state index in [9.17, 15) is 0 Å². The van der Waals surface area contributed by atoms with Gasteiger partial charge in [-0.2, -0.15) is 0 Å². The van der Waals surface area contributed by atoms with Gasteiger partial charge in [0.15, 0.2) is 0 Å². The second-order valence-corrected chi connectivity index (χ2v) is 11.2. The number of hydrogen-bond donors (Lipinski definition) is 0. The second kappa shape index (κ2) is 9.25. The van der Waals surface area contributed by atoms with Gasteiger partial charge in [-0.25, -0.2) is 0 Å². The van der Waals surface area contributed by atoms with Gasteiger partial charge < -0.3 is 0 Å². The normalized spacial score (nSPS) is 11.2. The molecule has 0 radical (unpaired) electrons. The van der Waals surface area contributed by atoms with Crippen molar-refractivity contribution in [2.24, 2.45) is 0 Å². The maximum atomic E-state index is 4.74. The van der Waals surface area contributed by atoms with Crippen molar-refractivity contribution in [3.05, 3.63) is 127 Å². The Morgan fingerprint density at radius 1 is 0.432 bits per heavy atom.